The van der Waals surface area contributed by atoms with Gasteiger partial charge >= 0.3 is 0 Å². The van der Waals surface area contributed by atoms with Crippen molar-refractivity contribution in [2.24, 2.45) is 0 Å². The third-order valence-electron chi connectivity index (χ3n) is 15.9. The van der Waals surface area contributed by atoms with E-state index in [-0.39, 0.29) is 19.1 Å². The van der Waals surface area contributed by atoms with Crippen LogP contribution < -0.4 is 10.2 Å². The molecule has 0 saturated carbocycles. The van der Waals surface area contributed by atoms with Crippen molar-refractivity contribution in [3.63, 3.8) is 0 Å². The molecule has 0 bridgehead atoms. The summed E-state index contributed by atoms with van der Waals surface area (Å²) in [6.07, 6.45) is 77.2. The predicted molar refractivity (Wildman–Crippen MR) is 335 cm³/mol. The van der Waals surface area contributed by atoms with E-state index in [0.717, 1.165) is 38.5 Å². The van der Waals surface area contributed by atoms with E-state index in [1.807, 2.05) is 27.2 Å². The van der Waals surface area contributed by atoms with Gasteiger partial charge in [0.25, 0.3) is 7.82 Å². The zero-order chi connectivity index (χ0) is 56.3. The molecule has 0 aliphatic carbocycles. The summed E-state index contributed by atoms with van der Waals surface area (Å²) in [6, 6.07) is -0.886. The highest BCUT2D eigenvalue weighted by Gasteiger charge is 2.23. The molecule has 3 unspecified atom stereocenters. The number of nitrogens with zero attached hydrogens (tertiary/aromatic N) is 1. The molecule has 0 fully saturated rings. The first-order chi connectivity index (χ1) is 37.5. The first kappa shape index (κ1) is 76.0. The number of nitrogens with one attached hydrogen (secondary N) is 1. The highest BCUT2D eigenvalue weighted by molar-refractivity contribution is 7.45. The van der Waals surface area contributed by atoms with Gasteiger partial charge in [0.15, 0.2) is 0 Å². The zero-order valence-corrected chi connectivity index (χ0v) is 53.3. The molecular weight excluding hydrogens is 972 g/mol. The van der Waals surface area contributed by atoms with Crippen molar-refractivity contribution in [2.75, 3.05) is 40.9 Å². The maximum atomic E-state index is 13.0. The number of carbonyl (C=O) groups is 1. The number of hydrogen-bond donors (Lipinski definition) is 2. The number of rotatable bonds is 64. The number of amides is 1. The van der Waals surface area contributed by atoms with Crippen LogP contribution in [-0.4, -0.2) is 68.5 Å². The first-order valence-electron chi connectivity index (χ1n) is 34.2. The Kier molecular flexibility index (Phi) is 58.8. The van der Waals surface area contributed by atoms with Gasteiger partial charge < -0.3 is 28.8 Å². The van der Waals surface area contributed by atoms with Gasteiger partial charge in [-0.05, 0) is 44.9 Å². The number of unbranched alkanes of at least 4 members (excludes halogenated alkanes) is 49. The quantitative estimate of drug-likeness (QED) is 0.0272. The maximum absolute atomic E-state index is 13.0. The molecule has 0 heterocycles. The van der Waals surface area contributed by atoms with Gasteiger partial charge in [-0.2, -0.15) is 0 Å². The molecule has 0 aliphatic rings. The number of likely N-dealkylation sites (N-methyl/N-ethyl adjacent to an activating group) is 1. The average Bonchev–Trinajstić information content (AvgIpc) is 3.39. The van der Waals surface area contributed by atoms with Crippen LogP contribution in [0.1, 0.15) is 354 Å². The van der Waals surface area contributed by atoms with Gasteiger partial charge in [0.05, 0.1) is 39.9 Å². The van der Waals surface area contributed by atoms with Crippen LogP contribution in [0.3, 0.4) is 0 Å². The summed E-state index contributed by atoms with van der Waals surface area (Å²) >= 11 is 0. The second kappa shape index (κ2) is 59.6. The van der Waals surface area contributed by atoms with E-state index in [4.69, 9.17) is 9.05 Å². The molecular formula is C68H135N2O6P. The number of phosphoric acid groups is 1. The van der Waals surface area contributed by atoms with Crippen LogP contribution in [0.4, 0.5) is 0 Å². The van der Waals surface area contributed by atoms with Crippen molar-refractivity contribution in [3.05, 3.63) is 24.3 Å². The summed E-state index contributed by atoms with van der Waals surface area (Å²) < 4.78 is 23.5. The molecule has 0 aliphatic heterocycles. The van der Waals surface area contributed by atoms with Crippen LogP contribution in [0.25, 0.3) is 0 Å². The molecule has 0 rings (SSSR count). The second-order valence-corrected chi connectivity index (χ2v) is 26.3. The molecule has 458 valence electrons. The van der Waals surface area contributed by atoms with Gasteiger partial charge in [-0.1, -0.05) is 327 Å². The van der Waals surface area contributed by atoms with Gasteiger partial charge in [0, 0.05) is 6.42 Å². The van der Waals surface area contributed by atoms with Gasteiger partial charge in [0.2, 0.25) is 5.91 Å². The summed E-state index contributed by atoms with van der Waals surface area (Å²) in [5, 5.41) is 14.0. The van der Waals surface area contributed by atoms with Gasteiger partial charge in [-0.3, -0.25) is 9.36 Å². The second-order valence-electron chi connectivity index (χ2n) is 24.9. The third-order valence-corrected chi connectivity index (χ3v) is 16.9. The SMILES string of the molecule is CCCCCCCCCCCCCC/C=C\CCCCCCCCCCCCCCCCC(=O)NC(COP(=O)([O-])OCC[N+](C)(C)C)C(O)/C=C/CCCCCCCCCCCCCCCCCCCCCCCCC. The van der Waals surface area contributed by atoms with Crippen molar-refractivity contribution in [2.45, 2.75) is 366 Å². The smallest absolute Gasteiger partial charge is 0.268 e. The summed E-state index contributed by atoms with van der Waals surface area (Å²) in [4.78, 5) is 25.6. The molecule has 0 aromatic carbocycles. The van der Waals surface area contributed by atoms with Crippen LogP contribution in [0.5, 0.6) is 0 Å². The number of hydrogen-bond acceptors (Lipinski definition) is 6. The van der Waals surface area contributed by atoms with Crippen LogP contribution in [-0.2, 0) is 18.4 Å². The minimum absolute atomic E-state index is 0.00145. The van der Waals surface area contributed by atoms with Crippen molar-refractivity contribution in [1.29, 1.82) is 0 Å². The van der Waals surface area contributed by atoms with E-state index in [1.54, 1.807) is 6.08 Å². The fourth-order valence-corrected chi connectivity index (χ4v) is 11.3. The van der Waals surface area contributed by atoms with Crippen molar-refractivity contribution < 1.29 is 32.9 Å². The van der Waals surface area contributed by atoms with E-state index >= 15 is 0 Å². The normalized spacial score (nSPS) is 13.8. The Morgan fingerprint density at radius 1 is 0.442 bits per heavy atom. The van der Waals surface area contributed by atoms with Crippen LogP contribution in [0.2, 0.25) is 0 Å². The average molecular weight is 1110 g/mol. The van der Waals surface area contributed by atoms with Crippen molar-refractivity contribution >= 4 is 13.7 Å². The molecule has 0 saturated heterocycles. The molecule has 0 aromatic heterocycles. The molecule has 3 atom stereocenters. The fraction of sp³-hybridized carbons (Fsp3) is 0.926. The molecule has 1 amide bonds. The minimum atomic E-state index is -4.60. The minimum Gasteiger partial charge on any atom is -0.756 e. The Labute approximate surface area is 481 Å². The Bertz CT molecular complexity index is 1300. The van der Waals surface area contributed by atoms with E-state index in [1.165, 1.54) is 295 Å². The van der Waals surface area contributed by atoms with Crippen LogP contribution in [0.15, 0.2) is 24.3 Å². The maximum Gasteiger partial charge on any atom is 0.268 e. The third kappa shape index (κ3) is 62.4. The molecule has 8 nitrogen and oxygen atoms in total. The number of allylic oxidation sites excluding steroid dienone is 3. The Hall–Kier alpha value is -1.02. The lowest BCUT2D eigenvalue weighted by Crippen LogP contribution is -2.45. The lowest BCUT2D eigenvalue weighted by atomic mass is 10.0. The Morgan fingerprint density at radius 2 is 0.714 bits per heavy atom. The summed E-state index contributed by atoms with van der Waals surface area (Å²) in [5.74, 6) is -0.190. The fourth-order valence-electron chi connectivity index (χ4n) is 10.6. The molecule has 0 radical (unpaired) electrons. The van der Waals surface area contributed by atoms with Gasteiger partial charge in [0.1, 0.15) is 13.2 Å². The lowest BCUT2D eigenvalue weighted by Gasteiger charge is -2.29. The highest BCUT2D eigenvalue weighted by Crippen LogP contribution is 2.38. The number of phosphoric ester groups is 1. The van der Waals surface area contributed by atoms with E-state index < -0.39 is 20.0 Å². The molecule has 2 N–H and O–H groups in total. The lowest BCUT2D eigenvalue weighted by molar-refractivity contribution is -0.870. The standard InChI is InChI=1S/C68H135N2O6P/c1-6-8-10-12-14-16-18-20-22-24-26-28-30-32-33-34-35-36-38-40-42-44-46-48-50-52-54-56-58-60-62-68(72)69-66(65-76-77(73,74)75-64-63-70(3,4)5)67(71)61-59-57-55-53-51-49-47-45-43-41-39-37-31-29-27-25-23-21-19-17-15-13-11-9-7-2/h32-33,59,61,66-67,71H,6-31,34-58,60,62-65H2,1-5H3,(H-,69,72,73,74)/b33-32-,61-59+. The Morgan fingerprint density at radius 3 is 1.01 bits per heavy atom. The molecule has 9 heteroatoms. The zero-order valence-electron chi connectivity index (χ0n) is 52.4. The van der Waals surface area contributed by atoms with E-state index in [9.17, 15) is 19.4 Å². The Balaban J connectivity index is 4.06. The number of aliphatic hydroxyl groups excluding tert-OH is 1. The topological polar surface area (TPSA) is 108 Å². The molecule has 0 aromatic rings. The number of quaternary nitrogens is 1. The largest absolute Gasteiger partial charge is 0.756 e. The predicted octanol–water partition coefficient (Wildman–Crippen LogP) is 20.9. The number of carbonyl (C=O) groups excluding carboxylic acids is 1. The van der Waals surface area contributed by atoms with Crippen molar-refractivity contribution in [3.8, 4) is 0 Å². The van der Waals surface area contributed by atoms with Crippen LogP contribution >= 0.6 is 7.82 Å². The molecule has 77 heavy (non-hydrogen) atoms. The van der Waals surface area contributed by atoms with Crippen molar-refractivity contribution in [1.82, 2.24) is 5.32 Å². The summed E-state index contributed by atoms with van der Waals surface area (Å²) in [5.41, 5.74) is 0. The summed E-state index contributed by atoms with van der Waals surface area (Å²) in [6.45, 7) is 4.71. The van der Waals surface area contributed by atoms with E-state index in [2.05, 4.69) is 31.3 Å². The molecule has 0 spiro atoms. The van der Waals surface area contributed by atoms with Gasteiger partial charge in [-0.25, -0.2) is 0 Å². The first-order valence-corrected chi connectivity index (χ1v) is 35.7. The van der Waals surface area contributed by atoms with Gasteiger partial charge in [-0.15, -0.1) is 0 Å². The van der Waals surface area contributed by atoms with Crippen LogP contribution in [0, 0.1) is 0 Å². The highest BCUT2D eigenvalue weighted by atomic mass is 31.2. The monoisotopic (exact) mass is 1110 g/mol. The number of aliphatic hydroxyl groups is 1. The summed E-state index contributed by atoms with van der Waals surface area (Å²) in [7, 11) is 1.28. The van der Waals surface area contributed by atoms with E-state index in [0.29, 0.717) is 17.4 Å².